The first-order valence-corrected chi connectivity index (χ1v) is 2.24. The molecule has 0 aromatic carbocycles. The number of carbonyl (C=O) groups excluding carboxylic acids is 1. The van der Waals surface area contributed by atoms with E-state index in [-0.39, 0.29) is 0 Å². The molecule has 0 spiro atoms. The summed E-state index contributed by atoms with van der Waals surface area (Å²) in [6.45, 7) is 5.21. The van der Waals surface area contributed by atoms with Gasteiger partial charge in [-0.2, -0.15) is 0 Å². The van der Waals surface area contributed by atoms with E-state index in [9.17, 15) is 4.79 Å². The molecule has 3 nitrogen and oxygen atoms in total. The van der Waals surface area contributed by atoms with Crippen LogP contribution in [0.2, 0.25) is 0 Å². The summed E-state index contributed by atoms with van der Waals surface area (Å²) in [5.41, 5.74) is 5.51. The zero-order valence-electron chi connectivity index (χ0n) is 5.14. The molecule has 0 aromatic heterocycles. The van der Waals surface area contributed by atoms with Gasteiger partial charge in [0, 0.05) is 12.7 Å². The molecule has 3 heteroatoms. The molecule has 0 heterocycles. The van der Waals surface area contributed by atoms with Crippen LogP contribution >= 0.6 is 0 Å². The van der Waals surface area contributed by atoms with Crippen molar-refractivity contribution in [3.8, 4) is 0 Å². The fraction of sp³-hybridized carbons (Fsp3) is 0.400. The number of rotatable bonds is 1. The second-order valence-electron chi connectivity index (χ2n) is 1.63. The molecule has 8 heavy (non-hydrogen) atoms. The van der Waals surface area contributed by atoms with Crippen LogP contribution in [0, 0.1) is 0 Å². The highest BCUT2D eigenvalue weighted by atomic mass is 16.2. The first-order valence-electron chi connectivity index (χ1n) is 2.24. The van der Waals surface area contributed by atoms with E-state index in [1.165, 1.54) is 4.90 Å². The number of nitrogens with zero attached hydrogens (tertiary/aromatic N) is 1. The molecule has 0 aromatic rings. The van der Waals surface area contributed by atoms with E-state index in [1.807, 2.05) is 0 Å². The normalized spacial score (nSPS) is 8.25. The van der Waals surface area contributed by atoms with Gasteiger partial charge in [-0.1, -0.05) is 6.58 Å². The largest absolute Gasteiger partial charge is 0.351 e. The zero-order valence-corrected chi connectivity index (χ0v) is 5.14. The van der Waals surface area contributed by atoms with Gasteiger partial charge in [0.25, 0.3) is 0 Å². The van der Waals surface area contributed by atoms with Crippen molar-refractivity contribution in [1.82, 2.24) is 4.90 Å². The average molecular weight is 114 g/mol. The van der Waals surface area contributed by atoms with Gasteiger partial charge in [0.15, 0.2) is 0 Å². The van der Waals surface area contributed by atoms with Crippen molar-refractivity contribution in [2.24, 2.45) is 5.73 Å². The molecule has 0 bridgehead atoms. The smallest absolute Gasteiger partial charge is 0.318 e. The van der Waals surface area contributed by atoms with Gasteiger partial charge >= 0.3 is 6.03 Å². The molecule has 0 saturated carbocycles. The maximum Gasteiger partial charge on any atom is 0.318 e. The Morgan fingerprint density at radius 1 is 1.75 bits per heavy atom. The Kier molecular flexibility index (Phi) is 2.06. The highest BCUT2D eigenvalue weighted by Crippen LogP contribution is 1.92. The maximum absolute atomic E-state index is 10.2. The summed E-state index contributed by atoms with van der Waals surface area (Å²) >= 11 is 0. The van der Waals surface area contributed by atoms with Gasteiger partial charge in [0.05, 0.1) is 0 Å². The molecule has 2 N–H and O–H groups in total. The third-order valence-corrected chi connectivity index (χ3v) is 0.903. The van der Waals surface area contributed by atoms with E-state index in [1.54, 1.807) is 14.0 Å². The highest BCUT2D eigenvalue weighted by molar-refractivity contribution is 5.73. The lowest BCUT2D eigenvalue weighted by Gasteiger charge is -2.11. The standard InChI is InChI=1S/C5H10N2O/c1-4(2)7(3)5(6)8/h1H2,2-3H3,(H2,6,8). The molecular weight excluding hydrogens is 104 g/mol. The fourth-order valence-electron chi connectivity index (χ4n) is 0.188. The van der Waals surface area contributed by atoms with E-state index in [2.05, 4.69) is 6.58 Å². The lowest BCUT2D eigenvalue weighted by molar-refractivity contribution is 0.228. The zero-order chi connectivity index (χ0) is 6.73. The first kappa shape index (κ1) is 7.01. The quantitative estimate of drug-likeness (QED) is 0.531. The number of hydrogen-bond donors (Lipinski definition) is 1. The minimum atomic E-state index is -0.475. The van der Waals surface area contributed by atoms with Crippen molar-refractivity contribution in [2.75, 3.05) is 7.05 Å². The predicted octanol–water partition coefficient (Wildman–Crippen LogP) is 0.531. The van der Waals surface area contributed by atoms with Crippen molar-refractivity contribution in [3.63, 3.8) is 0 Å². The van der Waals surface area contributed by atoms with Crippen LogP contribution in [-0.2, 0) is 0 Å². The van der Waals surface area contributed by atoms with Crippen LogP contribution in [0.1, 0.15) is 6.92 Å². The lowest BCUT2D eigenvalue weighted by atomic mass is 10.5. The minimum Gasteiger partial charge on any atom is -0.351 e. The molecule has 0 saturated heterocycles. The molecule has 0 radical (unpaired) electrons. The number of allylic oxidation sites excluding steroid dienone is 1. The summed E-state index contributed by atoms with van der Waals surface area (Å²) in [7, 11) is 1.57. The topological polar surface area (TPSA) is 46.3 Å². The highest BCUT2D eigenvalue weighted by Gasteiger charge is 1.99. The Hall–Kier alpha value is -0.990. The Bertz CT molecular complexity index is 106. The molecule has 0 rings (SSSR count). The Morgan fingerprint density at radius 2 is 2.12 bits per heavy atom. The van der Waals surface area contributed by atoms with Crippen LogP contribution in [0.4, 0.5) is 4.79 Å². The third-order valence-electron chi connectivity index (χ3n) is 0.903. The molecule has 0 aliphatic carbocycles. The number of nitrogens with two attached hydrogens (primary N) is 1. The average Bonchev–Trinajstić information content (AvgIpc) is 1.64. The van der Waals surface area contributed by atoms with Crippen molar-refractivity contribution in [2.45, 2.75) is 6.92 Å². The Balaban J connectivity index is 3.83. The van der Waals surface area contributed by atoms with Crippen molar-refractivity contribution >= 4 is 6.03 Å². The van der Waals surface area contributed by atoms with Crippen LogP contribution in [0.3, 0.4) is 0 Å². The van der Waals surface area contributed by atoms with Crippen LogP contribution in [0.5, 0.6) is 0 Å². The van der Waals surface area contributed by atoms with Gasteiger partial charge < -0.3 is 10.6 Å². The van der Waals surface area contributed by atoms with Gasteiger partial charge in [-0.05, 0) is 6.92 Å². The maximum atomic E-state index is 10.2. The van der Waals surface area contributed by atoms with Gasteiger partial charge in [-0.15, -0.1) is 0 Å². The van der Waals surface area contributed by atoms with Crippen molar-refractivity contribution < 1.29 is 4.79 Å². The SMILES string of the molecule is C=C(C)N(C)C(N)=O. The van der Waals surface area contributed by atoms with Crippen LogP contribution in [-0.4, -0.2) is 18.0 Å². The summed E-state index contributed by atoms with van der Waals surface area (Å²) in [5, 5.41) is 0. The van der Waals surface area contributed by atoms with Gasteiger partial charge in [-0.3, -0.25) is 0 Å². The van der Waals surface area contributed by atoms with Crippen molar-refractivity contribution in [1.29, 1.82) is 0 Å². The van der Waals surface area contributed by atoms with E-state index in [4.69, 9.17) is 5.73 Å². The van der Waals surface area contributed by atoms with E-state index >= 15 is 0 Å². The summed E-state index contributed by atoms with van der Waals surface area (Å²) < 4.78 is 0. The number of urea groups is 1. The molecule has 0 fully saturated rings. The number of primary amides is 1. The monoisotopic (exact) mass is 114 g/mol. The van der Waals surface area contributed by atoms with Crippen LogP contribution in [0.15, 0.2) is 12.3 Å². The second kappa shape index (κ2) is 2.35. The predicted molar refractivity (Wildman–Crippen MR) is 32.2 cm³/mol. The van der Waals surface area contributed by atoms with E-state index < -0.39 is 6.03 Å². The molecule has 46 valence electrons. The fourth-order valence-corrected chi connectivity index (χ4v) is 0.188. The van der Waals surface area contributed by atoms with E-state index in [0.29, 0.717) is 5.70 Å². The molecular formula is C5H10N2O. The Morgan fingerprint density at radius 3 is 2.12 bits per heavy atom. The Labute approximate surface area is 48.8 Å². The number of carbonyl (C=O) groups is 1. The molecule has 0 atom stereocenters. The first-order chi connectivity index (χ1) is 3.55. The number of hydrogen-bond acceptors (Lipinski definition) is 1. The van der Waals surface area contributed by atoms with Gasteiger partial charge in [0.1, 0.15) is 0 Å². The summed E-state index contributed by atoms with van der Waals surface area (Å²) in [6, 6.07) is -0.475. The van der Waals surface area contributed by atoms with Gasteiger partial charge in [0.2, 0.25) is 0 Å². The third kappa shape index (κ3) is 1.64. The molecule has 0 aliphatic heterocycles. The van der Waals surface area contributed by atoms with Crippen LogP contribution < -0.4 is 5.73 Å². The molecule has 0 aliphatic rings. The summed E-state index contributed by atoms with van der Waals surface area (Å²) in [5.74, 6) is 0. The van der Waals surface area contributed by atoms with Gasteiger partial charge in [-0.25, -0.2) is 4.79 Å². The van der Waals surface area contributed by atoms with Crippen molar-refractivity contribution in [3.05, 3.63) is 12.3 Å². The number of amides is 2. The lowest BCUT2D eigenvalue weighted by Crippen LogP contribution is -2.29. The summed E-state index contributed by atoms with van der Waals surface area (Å²) in [6.07, 6.45) is 0. The van der Waals surface area contributed by atoms with E-state index in [0.717, 1.165) is 0 Å². The van der Waals surface area contributed by atoms with Crippen LogP contribution in [0.25, 0.3) is 0 Å². The second-order valence-corrected chi connectivity index (χ2v) is 1.63. The molecule has 2 amide bonds. The molecule has 0 unspecified atom stereocenters. The summed E-state index contributed by atoms with van der Waals surface area (Å²) in [4.78, 5) is 11.5. The minimum absolute atomic E-state index is 0.475.